The Morgan fingerprint density at radius 3 is 2.42 bits per heavy atom. The summed E-state index contributed by atoms with van der Waals surface area (Å²) in [6.07, 6.45) is 0.911. The van der Waals surface area contributed by atoms with Gasteiger partial charge in [0.05, 0.1) is 10.2 Å². The molecule has 2 rings (SSSR count). The lowest BCUT2D eigenvalue weighted by Crippen LogP contribution is -2.45. The highest BCUT2D eigenvalue weighted by Gasteiger charge is 2.19. The summed E-state index contributed by atoms with van der Waals surface area (Å²) in [7, 11) is 2.14. The maximum Gasteiger partial charge on any atom is 0.227 e. The van der Waals surface area contributed by atoms with E-state index in [1.807, 2.05) is 0 Å². The Hall–Kier alpha value is -0.880. The van der Waals surface area contributed by atoms with Crippen LogP contribution in [0.1, 0.15) is 19.5 Å². The lowest BCUT2D eigenvalue weighted by atomic mass is 10.1. The number of likely N-dealkylation sites (N-methyl/N-ethyl adjacent to an activating group) is 1. The summed E-state index contributed by atoms with van der Waals surface area (Å²) in [4.78, 5) is 13.6. The number of piperazine rings is 1. The lowest BCUT2D eigenvalue weighted by molar-refractivity contribution is 0.311. The van der Waals surface area contributed by atoms with Gasteiger partial charge in [-0.25, -0.2) is 4.98 Å². The van der Waals surface area contributed by atoms with E-state index in [1.54, 1.807) is 0 Å². The van der Waals surface area contributed by atoms with Crippen molar-refractivity contribution in [2.45, 2.75) is 20.3 Å². The number of halogens is 1. The van der Waals surface area contributed by atoms with Gasteiger partial charge in [-0.2, -0.15) is 4.98 Å². The number of hydrogen-bond acceptors (Lipinski definition) is 5. The molecule has 0 unspecified atom stereocenters. The number of nitrogen functional groups attached to an aromatic ring is 1. The van der Waals surface area contributed by atoms with Crippen LogP contribution in [0.5, 0.6) is 0 Å². The third kappa shape index (κ3) is 3.57. The fourth-order valence-electron chi connectivity index (χ4n) is 2.17. The minimum atomic E-state index is 0.541. The van der Waals surface area contributed by atoms with Crippen LogP contribution >= 0.6 is 15.9 Å². The normalized spacial score (nSPS) is 17.2. The molecule has 1 fully saturated rings. The largest absolute Gasteiger partial charge is 0.383 e. The fraction of sp³-hybridized carbons (Fsp3) is 0.692. The number of nitrogens with zero attached hydrogens (tertiary/aromatic N) is 4. The van der Waals surface area contributed by atoms with Crippen molar-refractivity contribution in [2.24, 2.45) is 5.92 Å². The average Bonchev–Trinajstić information content (AvgIpc) is 2.35. The Morgan fingerprint density at radius 2 is 1.84 bits per heavy atom. The third-order valence-electron chi connectivity index (χ3n) is 3.32. The molecule has 0 saturated carbocycles. The van der Waals surface area contributed by atoms with Crippen molar-refractivity contribution < 1.29 is 0 Å². The van der Waals surface area contributed by atoms with Gasteiger partial charge in [0, 0.05) is 26.2 Å². The summed E-state index contributed by atoms with van der Waals surface area (Å²) < 4.78 is 0.846. The van der Waals surface area contributed by atoms with Gasteiger partial charge in [0.1, 0.15) is 5.82 Å². The van der Waals surface area contributed by atoms with E-state index in [0.29, 0.717) is 11.7 Å². The van der Waals surface area contributed by atoms with Gasteiger partial charge in [0.25, 0.3) is 0 Å². The molecule has 6 heteroatoms. The quantitative estimate of drug-likeness (QED) is 0.916. The second kappa shape index (κ2) is 6.05. The van der Waals surface area contributed by atoms with Gasteiger partial charge in [-0.15, -0.1) is 0 Å². The SMILES string of the molecule is CC(C)Cc1nc(N2CCN(C)CC2)nc(N)c1Br. The number of anilines is 2. The van der Waals surface area contributed by atoms with E-state index >= 15 is 0 Å². The van der Waals surface area contributed by atoms with Gasteiger partial charge in [-0.3, -0.25) is 0 Å². The highest BCUT2D eigenvalue weighted by Crippen LogP contribution is 2.26. The fourth-order valence-corrected chi connectivity index (χ4v) is 2.51. The van der Waals surface area contributed by atoms with Crippen LogP contribution in [-0.2, 0) is 6.42 Å². The van der Waals surface area contributed by atoms with Crippen LogP contribution in [0.25, 0.3) is 0 Å². The number of rotatable bonds is 3. The van der Waals surface area contributed by atoms with E-state index in [-0.39, 0.29) is 0 Å². The molecule has 19 heavy (non-hydrogen) atoms. The van der Waals surface area contributed by atoms with Crippen LogP contribution in [0.15, 0.2) is 4.47 Å². The third-order valence-corrected chi connectivity index (χ3v) is 4.19. The van der Waals surface area contributed by atoms with Gasteiger partial charge in [0.15, 0.2) is 0 Å². The molecular formula is C13H22BrN5. The second-order valence-corrected chi connectivity index (χ2v) is 6.35. The number of aromatic nitrogens is 2. The van der Waals surface area contributed by atoms with Crippen LogP contribution in [0.4, 0.5) is 11.8 Å². The van der Waals surface area contributed by atoms with Crippen molar-refractivity contribution in [3.63, 3.8) is 0 Å². The Kier molecular flexibility index (Phi) is 4.62. The summed E-state index contributed by atoms with van der Waals surface area (Å²) in [6.45, 7) is 8.36. The molecule has 0 atom stereocenters. The maximum atomic E-state index is 6.00. The Balaban J connectivity index is 2.23. The summed E-state index contributed by atoms with van der Waals surface area (Å²) in [6, 6.07) is 0. The van der Waals surface area contributed by atoms with Crippen LogP contribution in [-0.4, -0.2) is 48.1 Å². The standard InChI is InChI=1S/C13H22BrN5/c1-9(2)8-10-11(14)12(15)17-13(16-10)19-6-4-18(3)5-7-19/h9H,4-8H2,1-3H3,(H2,15,16,17). The van der Waals surface area contributed by atoms with Crippen LogP contribution in [0, 0.1) is 5.92 Å². The zero-order valence-electron chi connectivity index (χ0n) is 11.9. The molecule has 0 spiro atoms. The Morgan fingerprint density at radius 1 is 1.21 bits per heavy atom. The van der Waals surface area contributed by atoms with Gasteiger partial charge in [0.2, 0.25) is 5.95 Å². The van der Waals surface area contributed by atoms with Crippen molar-refractivity contribution in [3.05, 3.63) is 10.2 Å². The summed E-state index contributed by atoms with van der Waals surface area (Å²) >= 11 is 3.50. The zero-order valence-corrected chi connectivity index (χ0v) is 13.4. The highest BCUT2D eigenvalue weighted by molar-refractivity contribution is 9.10. The molecule has 2 heterocycles. The first-order valence-corrected chi connectivity index (χ1v) is 7.52. The molecule has 106 valence electrons. The predicted molar refractivity (Wildman–Crippen MR) is 82.4 cm³/mol. The summed E-state index contributed by atoms with van der Waals surface area (Å²) in [5, 5.41) is 0. The molecule has 1 aromatic rings. The van der Waals surface area contributed by atoms with Gasteiger partial charge in [-0.05, 0) is 35.3 Å². The van der Waals surface area contributed by atoms with E-state index in [9.17, 15) is 0 Å². The first-order valence-electron chi connectivity index (χ1n) is 6.72. The van der Waals surface area contributed by atoms with Crippen LogP contribution < -0.4 is 10.6 Å². The molecule has 0 aromatic carbocycles. The molecule has 0 bridgehead atoms. The van der Waals surface area contributed by atoms with Crippen LogP contribution in [0.3, 0.4) is 0 Å². The smallest absolute Gasteiger partial charge is 0.227 e. The van der Waals surface area contributed by atoms with Crippen molar-refractivity contribution in [1.82, 2.24) is 14.9 Å². The zero-order chi connectivity index (χ0) is 14.0. The summed E-state index contributed by atoms with van der Waals surface area (Å²) in [5.41, 5.74) is 7.01. The second-order valence-electron chi connectivity index (χ2n) is 5.56. The molecule has 2 N–H and O–H groups in total. The van der Waals surface area contributed by atoms with Crippen molar-refractivity contribution >= 4 is 27.7 Å². The minimum Gasteiger partial charge on any atom is -0.383 e. The molecule has 0 amide bonds. The van der Waals surface area contributed by atoms with E-state index < -0.39 is 0 Å². The molecule has 0 aliphatic carbocycles. The number of hydrogen-bond donors (Lipinski definition) is 1. The first kappa shape index (κ1) is 14.5. The molecule has 1 aromatic heterocycles. The topological polar surface area (TPSA) is 58.3 Å². The summed E-state index contributed by atoms with van der Waals surface area (Å²) in [5.74, 6) is 1.86. The Bertz CT molecular complexity index is 441. The van der Waals surface area contributed by atoms with Gasteiger partial charge < -0.3 is 15.5 Å². The van der Waals surface area contributed by atoms with E-state index in [1.165, 1.54) is 0 Å². The van der Waals surface area contributed by atoms with Crippen molar-refractivity contribution in [3.8, 4) is 0 Å². The maximum absolute atomic E-state index is 6.00. The molecule has 5 nitrogen and oxygen atoms in total. The van der Waals surface area contributed by atoms with E-state index in [4.69, 9.17) is 10.7 Å². The molecule has 1 aliphatic rings. The molecule has 1 aliphatic heterocycles. The van der Waals surface area contributed by atoms with E-state index in [0.717, 1.165) is 48.7 Å². The minimum absolute atomic E-state index is 0.541. The molecular weight excluding hydrogens is 306 g/mol. The van der Waals surface area contributed by atoms with Crippen molar-refractivity contribution in [1.29, 1.82) is 0 Å². The van der Waals surface area contributed by atoms with Crippen molar-refractivity contribution in [2.75, 3.05) is 43.9 Å². The average molecular weight is 328 g/mol. The lowest BCUT2D eigenvalue weighted by Gasteiger charge is -2.32. The molecule has 0 radical (unpaired) electrons. The van der Waals surface area contributed by atoms with Gasteiger partial charge >= 0.3 is 0 Å². The Labute approximate surface area is 123 Å². The predicted octanol–water partition coefficient (Wildman–Crippen LogP) is 1.77. The highest BCUT2D eigenvalue weighted by atomic mass is 79.9. The number of nitrogens with two attached hydrogens (primary N) is 1. The molecule has 1 saturated heterocycles. The first-order chi connectivity index (χ1) is 8.97. The van der Waals surface area contributed by atoms with Gasteiger partial charge in [-0.1, -0.05) is 13.8 Å². The van der Waals surface area contributed by atoms with E-state index in [2.05, 4.69) is 51.6 Å². The monoisotopic (exact) mass is 327 g/mol. The van der Waals surface area contributed by atoms with Crippen LogP contribution in [0.2, 0.25) is 0 Å².